The molecule has 0 spiro atoms. The molecular formula is C25H25F2N5O2. The number of phenolic OH excluding ortho intramolecular Hbond substituents is 1. The summed E-state index contributed by atoms with van der Waals surface area (Å²) in [5, 5.41) is 14.8. The van der Waals surface area contributed by atoms with Gasteiger partial charge in [-0.05, 0) is 30.0 Å². The molecule has 1 fully saturated rings. The zero-order valence-corrected chi connectivity index (χ0v) is 19.0. The zero-order chi connectivity index (χ0) is 23.8. The van der Waals surface area contributed by atoms with Gasteiger partial charge in [-0.25, -0.2) is 13.8 Å². The van der Waals surface area contributed by atoms with E-state index >= 15 is 4.39 Å². The van der Waals surface area contributed by atoms with Crippen LogP contribution < -0.4 is 15.0 Å². The van der Waals surface area contributed by atoms with Gasteiger partial charge in [0.25, 0.3) is 0 Å². The van der Waals surface area contributed by atoms with Crippen molar-refractivity contribution in [3.8, 4) is 23.0 Å². The van der Waals surface area contributed by atoms with E-state index in [9.17, 15) is 9.50 Å². The van der Waals surface area contributed by atoms with Crippen molar-refractivity contribution in [2.24, 2.45) is 0 Å². The summed E-state index contributed by atoms with van der Waals surface area (Å²) in [5.41, 5.74) is 0.805. The van der Waals surface area contributed by atoms with E-state index in [4.69, 9.17) is 4.74 Å². The molecule has 2 N–H and O–H groups in total. The number of phenols is 1. The highest BCUT2D eigenvalue weighted by Gasteiger charge is 2.26. The predicted octanol–water partition coefficient (Wildman–Crippen LogP) is 4.20. The van der Waals surface area contributed by atoms with Gasteiger partial charge in [0, 0.05) is 37.1 Å². The van der Waals surface area contributed by atoms with Crippen LogP contribution in [0.2, 0.25) is 0 Å². The van der Waals surface area contributed by atoms with Gasteiger partial charge in [-0.2, -0.15) is 9.97 Å². The van der Waals surface area contributed by atoms with Gasteiger partial charge in [0.1, 0.15) is 28.6 Å². The van der Waals surface area contributed by atoms with Gasteiger partial charge in [-0.3, -0.25) is 0 Å². The summed E-state index contributed by atoms with van der Waals surface area (Å²) in [5.74, 6) is -0.750. The minimum atomic E-state index is -0.706. The summed E-state index contributed by atoms with van der Waals surface area (Å²) < 4.78 is 36.4. The molecule has 2 aromatic heterocycles. The molecule has 0 unspecified atom stereocenters. The Morgan fingerprint density at radius 2 is 1.88 bits per heavy atom. The van der Waals surface area contributed by atoms with Gasteiger partial charge in [0.15, 0.2) is 5.82 Å². The molecule has 1 aliphatic heterocycles. The number of benzene rings is 2. The van der Waals surface area contributed by atoms with Crippen molar-refractivity contribution in [3.05, 3.63) is 47.7 Å². The highest BCUT2D eigenvalue weighted by atomic mass is 19.1. The largest absolute Gasteiger partial charge is 0.508 e. The van der Waals surface area contributed by atoms with Crippen molar-refractivity contribution < 1.29 is 18.6 Å². The molecule has 0 aliphatic carbocycles. The first-order valence-corrected chi connectivity index (χ1v) is 11.3. The summed E-state index contributed by atoms with van der Waals surface area (Å²) in [6, 6.07) is 7.36. The fourth-order valence-corrected chi connectivity index (χ4v) is 4.55. The molecule has 7 nitrogen and oxygen atoms in total. The number of hydrogen-bond donors (Lipinski definition) is 2. The third-order valence-corrected chi connectivity index (χ3v) is 6.07. The number of piperazine rings is 1. The number of anilines is 1. The molecule has 2 aromatic carbocycles. The van der Waals surface area contributed by atoms with Crippen LogP contribution in [0.15, 0.2) is 30.3 Å². The Hall–Kier alpha value is -3.59. The number of nitrogens with zero attached hydrogens (tertiary/aromatic N) is 4. The molecule has 34 heavy (non-hydrogen) atoms. The van der Waals surface area contributed by atoms with E-state index in [1.54, 1.807) is 12.1 Å². The van der Waals surface area contributed by atoms with Crippen LogP contribution in [-0.2, 0) is 6.42 Å². The first-order chi connectivity index (χ1) is 16.5. The van der Waals surface area contributed by atoms with Crippen LogP contribution in [0.5, 0.6) is 11.8 Å². The fraction of sp³-hybridized carbons (Fsp3) is 0.320. The van der Waals surface area contributed by atoms with Gasteiger partial charge in [0.05, 0.1) is 18.2 Å². The number of aromatic nitrogens is 3. The molecule has 0 bridgehead atoms. The second-order valence-electron chi connectivity index (χ2n) is 8.30. The first-order valence-electron chi connectivity index (χ1n) is 11.3. The number of hydrogen-bond acceptors (Lipinski definition) is 7. The molecule has 0 radical (unpaired) electrons. The maximum absolute atomic E-state index is 16.2. The SMILES string of the molecule is CCCc1nc(-c2cc(O)cc3cccc(F)c23)c(F)c2nc(OC)nc(N3CCNCC3)c12. The summed E-state index contributed by atoms with van der Waals surface area (Å²) in [4.78, 5) is 15.7. The number of rotatable bonds is 5. The number of methoxy groups -OCH3 is 1. The lowest BCUT2D eigenvalue weighted by Gasteiger charge is -2.30. The third-order valence-electron chi connectivity index (χ3n) is 6.07. The molecule has 5 rings (SSSR count). The highest BCUT2D eigenvalue weighted by Crippen LogP contribution is 2.39. The first kappa shape index (κ1) is 22.2. The van der Waals surface area contributed by atoms with E-state index in [2.05, 4.69) is 25.2 Å². The van der Waals surface area contributed by atoms with Crippen LogP contribution in [0.1, 0.15) is 19.0 Å². The number of halogens is 2. The van der Waals surface area contributed by atoms with Crippen molar-refractivity contribution >= 4 is 27.5 Å². The molecule has 176 valence electrons. The molecule has 9 heteroatoms. The molecule has 1 saturated heterocycles. The Labute approximate surface area is 195 Å². The average molecular weight is 466 g/mol. The van der Waals surface area contributed by atoms with Gasteiger partial charge < -0.3 is 20.1 Å². The normalized spacial score (nSPS) is 14.2. The molecule has 3 heterocycles. The minimum absolute atomic E-state index is 0.0477. The van der Waals surface area contributed by atoms with Crippen LogP contribution >= 0.6 is 0 Å². The Kier molecular flexibility index (Phi) is 5.87. The smallest absolute Gasteiger partial charge is 0.318 e. The number of nitrogens with one attached hydrogen (secondary N) is 1. The third kappa shape index (κ3) is 3.75. The number of aromatic hydroxyl groups is 1. The van der Waals surface area contributed by atoms with Gasteiger partial charge in [-0.1, -0.05) is 25.5 Å². The Morgan fingerprint density at radius 3 is 2.62 bits per heavy atom. The highest BCUT2D eigenvalue weighted by molar-refractivity contribution is 6.01. The van der Waals surface area contributed by atoms with Crippen molar-refractivity contribution in [2.45, 2.75) is 19.8 Å². The van der Waals surface area contributed by atoms with E-state index in [-0.39, 0.29) is 33.9 Å². The summed E-state index contributed by atoms with van der Waals surface area (Å²) in [6.45, 7) is 4.97. The van der Waals surface area contributed by atoms with Crippen LogP contribution in [0, 0.1) is 11.6 Å². The second kappa shape index (κ2) is 8.98. The monoisotopic (exact) mass is 465 g/mol. The fourth-order valence-electron chi connectivity index (χ4n) is 4.55. The van der Waals surface area contributed by atoms with Gasteiger partial charge in [-0.15, -0.1) is 0 Å². The number of ether oxygens (including phenoxy) is 1. The van der Waals surface area contributed by atoms with Crippen molar-refractivity contribution in [1.82, 2.24) is 20.3 Å². The van der Waals surface area contributed by atoms with E-state index in [1.807, 2.05) is 6.92 Å². The number of fused-ring (bicyclic) bond motifs is 2. The van der Waals surface area contributed by atoms with Crippen molar-refractivity contribution in [1.29, 1.82) is 0 Å². The van der Waals surface area contributed by atoms with Crippen molar-refractivity contribution in [2.75, 3.05) is 38.2 Å². The second-order valence-corrected chi connectivity index (χ2v) is 8.30. The summed E-state index contributed by atoms with van der Waals surface area (Å²) >= 11 is 0. The lowest BCUT2D eigenvalue weighted by atomic mass is 9.98. The predicted molar refractivity (Wildman–Crippen MR) is 127 cm³/mol. The van der Waals surface area contributed by atoms with Gasteiger partial charge >= 0.3 is 6.01 Å². The van der Waals surface area contributed by atoms with E-state index in [0.717, 1.165) is 19.5 Å². The van der Waals surface area contributed by atoms with Crippen LogP contribution in [0.4, 0.5) is 14.6 Å². The summed E-state index contributed by atoms with van der Waals surface area (Å²) in [6.07, 6.45) is 1.31. The van der Waals surface area contributed by atoms with Gasteiger partial charge in [0.2, 0.25) is 0 Å². The lowest BCUT2D eigenvalue weighted by molar-refractivity contribution is 0.381. The van der Waals surface area contributed by atoms with Crippen molar-refractivity contribution in [3.63, 3.8) is 0 Å². The van der Waals surface area contributed by atoms with Crippen LogP contribution in [0.25, 0.3) is 32.9 Å². The molecule has 0 atom stereocenters. The summed E-state index contributed by atoms with van der Waals surface area (Å²) in [7, 11) is 1.44. The maximum atomic E-state index is 16.2. The van der Waals surface area contributed by atoms with Crippen LogP contribution in [0.3, 0.4) is 0 Å². The molecule has 1 aliphatic rings. The zero-order valence-electron chi connectivity index (χ0n) is 19.0. The number of pyridine rings is 1. The Morgan fingerprint density at radius 1 is 1.09 bits per heavy atom. The molecule has 0 saturated carbocycles. The quantitative estimate of drug-likeness (QED) is 0.457. The Balaban J connectivity index is 1.86. The molecule has 0 amide bonds. The van der Waals surface area contributed by atoms with E-state index in [0.29, 0.717) is 41.8 Å². The topological polar surface area (TPSA) is 83.4 Å². The number of aryl methyl sites for hydroxylation is 1. The minimum Gasteiger partial charge on any atom is -0.508 e. The lowest BCUT2D eigenvalue weighted by Crippen LogP contribution is -2.44. The van der Waals surface area contributed by atoms with Crippen LogP contribution in [-0.4, -0.2) is 53.3 Å². The Bertz CT molecular complexity index is 1390. The maximum Gasteiger partial charge on any atom is 0.318 e. The average Bonchev–Trinajstić information content (AvgIpc) is 2.85. The van der Waals surface area contributed by atoms with E-state index in [1.165, 1.54) is 25.3 Å². The molecular weight excluding hydrogens is 440 g/mol. The molecule has 4 aromatic rings. The standard InChI is InChI=1S/C25H25F2N5O2/c1-3-5-18-20-23(30-25(34-2)31-24(20)32-10-8-28-9-11-32)21(27)22(29-18)16-13-15(33)12-14-6-4-7-17(26)19(14)16/h4,6-7,12-13,28,33H,3,5,8-11H2,1-2H3. The van der Waals surface area contributed by atoms with E-state index < -0.39 is 11.6 Å².